The number of rotatable bonds is 4. The Morgan fingerprint density at radius 1 is 1.29 bits per heavy atom. The largest absolute Gasteiger partial charge is 0.487 e. The van der Waals surface area contributed by atoms with Crippen LogP contribution >= 0.6 is 11.3 Å². The van der Waals surface area contributed by atoms with Gasteiger partial charge in [0, 0.05) is 23.0 Å². The van der Waals surface area contributed by atoms with Gasteiger partial charge in [0.2, 0.25) is 5.91 Å². The van der Waals surface area contributed by atoms with Gasteiger partial charge in [0.05, 0.1) is 7.11 Å². The summed E-state index contributed by atoms with van der Waals surface area (Å²) in [6.45, 7) is 0.448. The zero-order valence-electron chi connectivity index (χ0n) is 12.8. The fourth-order valence-corrected chi connectivity index (χ4v) is 3.50. The summed E-state index contributed by atoms with van der Waals surface area (Å²) in [5, 5.41) is 8.77. The second-order valence-corrected chi connectivity index (χ2v) is 6.37. The van der Waals surface area contributed by atoms with Crippen LogP contribution in [0.5, 0.6) is 5.06 Å². The van der Waals surface area contributed by atoms with Crippen molar-refractivity contribution in [2.45, 2.75) is 12.0 Å². The van der Waals surface area contributed by atoms with Crippen molar-refractivity contribution in [3.05, 3.63) is 47.1 Å². The first-order valence-electron chi connectivity index (χ1n) is 7.31. The molecule has 0 unspecified atom stereocenters. The average Bonchev–Trinajstić information content (AvgIpc) is 3.17. The molecule has 126 valence electrons. The van der Waals surface area contributed by atoms with E-state index in [9.17, 15) is 14.0 Å². The molecular formula is C16H16FN3O3S. The van der Waals surface area contributed by atoms with Crippen molar-refractivity contribution in [2.75, 3.05) is 19.0 Å². The van der Waals surface area contributed by atoms with E-state index in [2.05, 4.69) is 16.0 Å². The van der Waals surface area contributed by atoms with Crippen LogP contribution in [0.2, 0.25) is 0 Å². The first-order chi connectivity index (χ1) is 11.6. The van der Waals surface area contributed by atoms with Crippen LogP contribution in [0.15, 0.2) is 36.4 Å². The number of nitrogens with one attached hydrogen (secondary N) is 3. The third-order valence-corrected chi connectivity index (χ3v) is 4.92. The normalized spacial score (nSPS) is 19.7. The molecule has 3 amide bonds. The molecule has 1 fully saturated rings. The number of carbonyl (C=O) groups is 2. The number of thiophene rings is 1. The number of benzene rings is 1. The van der Waals surface area contributed by atoms with Crippen LogP contribution in [-0.4, -0.2) is 31.6 Å². The number of carbonyl (C=O) groups excluding carboxylic acids is 2. The molecule has 6 nitrogen and oxygen atoms in total. The van der Waals surface area contributed by atoms with E-state index >= 15 is 0 Å². The van der Waals surface area contributed by atoms with E-state index in [-0.39, 0.29) is 17.6 Å². The summed E-state index contributed by atoms with van der Waals surface area (Å²) in [6.07, 6.45) is 0. The van der Waals surface area contributed by atoms with Gasteiger partial charge in [-0.15, -0.1) is 11.3 Å². The number of hydrogen-bond donors (Lipinski definition) is 3. The molecule has 1 aliphatic heterocycles. The zero-order valence-corrected chi connectivity index (χ0v) is 13.7. The van der Waals surface area contributed by atoms with E-state index in [4.69, 9.17) is 4.74 Å². The maximum atomic E-state index is 12.9. The number of anilines is 1. The molecule has 0 bridgehead atoms. The Morgan fingerprint density at radius 2 is 2.04 bits per heavy atom. The van der Waals surface area contributed by atoms with Crippen molar-refractivity contribution >= 4 is 29.0 Å². The molecule has 0 radical (unpaired) electrons. The van der Waals surface area contributed by atoms with Gasteiger partial charge in [-0.25, -0.2) is 9.18 Å². The highest BCUT2D eigenvalue weighted by Crippen LogP contribution is 2.33. The molecule has 24 heavy (non-hydrogen) atoms. The molecule has 2 aromatic rings. The number of methoxy groups -OCH3 is 1. The second kappa shape index (κ2) is 6.88. The van der Waals surface area contributed by atoms with Gasteiger partial charge in [0.25, 0.3) is 0 Å². The van der Waals surface area contributed by atoms with Gasteiger partial charge in [0.15, 0.2) is 5.06 Å². The van der Waals surface area contributed by atoms with E-state index in [0.717, 1.165) is 9.94 Å². The van der Waals surface area contributed by atoms with Gasteiger partial charge in [-0.1, -0.05) is 0 Å². The van der Waals surface area contributed by atoms with E-state index in [1.54, 1.807) is 7.11 Å². The van der Waals surface area contributed by atoms with E-state index < -0.39 is 12.1 Å². The molecule has 0 saturated carbocycles. The Hall–Kier alpha value is -2.61. The Kier molecular flexibility index (Phi) is 4.66. The summed E-state index contributed by atoms with van der Waals surface area (Å²) in [5.74, 6) is -0.783. The smallest absolute Gasteiger partial charge is 0.319 e. The second-order valence-electron chi connectivity index (χ2n) is 5.30. The lowest BCUT2D eigenvalue weighted by atomic mass is 10.0. The molecule has 2 heterocycles. The number of halogens is 1. The molecule has 2 atom stereocenters. The van der Waals surface area contributed by atoms with Crippen LogP contribution in [-0.2, 0) is 4.79 Å². The Morgan fingerprint density at radius 3 is 2.71 bits per heavy atom. The Balaban J connectivity index is 1.68. The molecule has 1 saturated heterocycles. The Bertz CT molecular complexity index is 747. The number of hydrogen-bond acceptors (Lipinski definition) is 4. The predicted octanol–water partition coefficient (Wildman–Crippen LogP) is 2.30. The zero-order chi connectivity index (χ0) is 17.1. The topological polar surface area (TPSA) is 79.5 Å². The highest BCUT2D eigenvalue weighted by atomic mass is 32.1. The molecule has 1 aromatic carbocycles. The van der Waals surface area contributed by atoms with Crippen molar-refractivity contribution in [1.29, 1.82) is 0 Å². The number of amides is 3. The summed E-state index contributed by atoms with van der Waals surface area (Å²) in [6, 6.07) is 7.93. The minimum atomic E-state index is -0.672. The van der Waals surface area contributed by atoms with Crippen molar-refractivity contribution in [2.24, 2.45) is 0 Å². The molecule has 1 aliphatic rings. The molecule has 3 rings (SSSR count). The molecule has 8 heteroatoms. The van der Waals surface area contributed by atoms with Crippen LogP contribution in [0.1, 0.15) is 10.8 Å². The Labute approximate surface area is 142 Å². The maximum absolute atomic E-state index is 12.9. The minimum Gasteiger partial charge on any atom is -0.487 e. The van der Waals surface area contributed by atoms with Crippen molar-refractivity contribution in [3.8, 4) is 5.06 Å². The third-order valence-electron chi connectivity index (χ3n) is 3.74. The van der Waals surface area contributed by atoms with Crippen LogP contribution < -0.4 is 20.7 Å². The molecule has 1 aromatic heterocycles. The molecule has 0 aliphatic carbocycles. The van der Waals surface area contributed by atoms with E-state index in [0.29, 0.717) is 12.2 Å². The highest BCUT2D eigenvalue weighted by molar-refractivity contribution is 7.13. The van der Waals surface area contributed by atoms with Gasteiger partial charge in [-0.3, -0.25) is 4.79 Å². The fourth-order valence-electron chi connectivity index (χ4n) is 2.54. The lowest BCUT2D eigenvalue weighted by Crippen LogP contribution is -2.44. The maximum Gasteiger partial charge on any atom is 0.319 e. The lowest BCUT2D eigenvalue weighted by molar-refractivity contribution is -0.120. The fraction of sp³-hybridized carbons (Fsp3) is 0.250. The first kappa shape index (κ1) is 16.3. The van der Waals surface area contributed by atoms with E-state index in [1.165, 1.54) is 35.6 Å². The van der Waals surface area contributed by atoms with Gasteiger partial charge in [-0.05, 0) is 36.4 Å². The standard InChI is InChI=1S/C16H16FN3O3S/c1-23-13-7-6-12(24-13)11-8-18-15(21)14(11)20-16(22)19-10-4-2-9(17)3-5-10/h2-7,11,14H,8H2,1H3,(H,18,21)(H2,19,20,22)/t11-,14-/m0/s1. The van der Waals surface area contributed by atoms with Crippen molar-refractivity contribution in [1.82, 2.24) is 10.6 Å². The van der Waals surface area contributed by atoms with Crippen molar-refractivity contribution in [3.63, 3.8) is 0 Å². The van der Waals surface area contributed by atoms with Gasteiger partial charge >= 0.3 is 6.03 Å². The molecule has 0 spiro atoms. The van der Waals surface area contributed by atoms with E-state index in [1.807, 2.05) is 12.1 Å². The number of ether oxygens (including phenoxy) is 1. The molecule has 3 N–H and O–H groups in total. The quantitative estimate of drug-likeness (QED) is 0.792. The summed E-state index contributed by atoms with van der Waals surface area (Å²) >= 11 is 1.44. The third kappa shape index (κ3) is 3.48. The average molecular weight is 349 g/mol. The van der Waals surface area contributed by atoms with Crippen LogP contribution in [0.3, 0.4) is 0 Å². The van der Waals surface area contributed by atoms with Gasteiger partial charge in [0.1, 0.15) is 11.9 Å². The predicted molar refractivity (Wildman–Crippen MR) is 89.0 cm³/mol. The molecular weight excluding hydrogens is 333 g/mol. The van der Waals surface area contributed by atoms with Gasteiger partial charge in [-0.2, -0.15) is 0 Å². The lowest BCUT2D eigenvalue weighted by Gasteiger charge is -2.17. The highest BCUT2D eigenvalue weighted by Gasteiger charge is 2.37. The van der Waals surface area contributed by atoms with Crippen LogP contribution in [0.25, 0.3) is 0 Å². The minimum absolute atomic E-state index is 0.162. The van der Waals surface area contributed by atoms with Crippen LogP contribution in [0.4, 0.5) is 14.9 Å². The summed E-state index contributed by atoms with van der Waals surface area (Å²) in [5.41, 5.74) is 0.446. The summed E-state index contributed by atoms with van der Waals surface area (Å²) < 4.78 is 18.1. The van der Waals surface area contributed by atoms with Crippen molar-refractivity contribution < 1.29 is 18.7 Å². The SMILES string of the molecule is COc1ccc([C@@H]2CNC(=O)[C@H]2NC(=O)Nc2ccc(F)cc2)s1. The first-order valence-corrected chi connectivity index (χ1v) is 8.13. The number of urea groups is 1. The van der Waals surface area contributed by atoms with Crippen LogP contribution in [0, 0.1) is 5.82 Å². The van der Waals surface area contributed by atoms with Gasteiger partial charge < -0.3 is 20.7 Å². The summed E-state index contributed by atoms with van der Waals surface area (Å²) in [4.78, 5) is 25.1. The summed E-state index contributed by atoms with van der Waals surface area (Å²) in [7, 11) is 1.58. The monoisotopic (exact) mass is 349 g/mol.